The van der Waals surface area contributed by atoms with E-state index in [0.29, 0.717) is 12.8 Å². The second-order valence-electron chi connectivity index (χ2n) is 7.30. The SMILES string of the molecule is CCC(C)(C)NC(=O)CCc1c(C)nc2c3ccccc3nn2c1C. The fourth-order valence-electron chi connectivity index (χ4n) is 3.11. The molecule has 3 rings (SSSR count). The molecule has 0 unspecified atom stereocenters. The van der Waals surface area contributed by atoms with Crippen molar-refractivity contribution in [2.24, 2.45) is 0 Å². The zero-order chi connectivity index (χ0) is 18.2. The van der Waals surface area contributed by atoms with Crippen LogP contribution in [0, 0.1) is 13.8 Å². The molecule has 0 saturated carbocycles. The van der Waals surface area contributed by atoms with Gasteiger partial charge < -0.3 is 5.32 Å². The van der Waals surface area contributed by atoms with E-state index < -0.39 is 0 Å². The van der Waals surface area contributed by atoms with Crippen molar-refractivity contribution in [1.29, 1.82) is 0 Å². The number of aryl methyl sites for hydroxylation is 2. The highest BCUT2D eigenvalue weighted by Crippen LogP contribution is 2.23. The van der Waals surface area contributed by atoms with Gasteiger partial charge >= 0.3 is 0 Å². The predicted molar refractivity (Wildman–Crippen MR) is 101 cm³/mol. The average molecular weight is 338 g/mol. The Morgan fingerprint density at radius 2 is 1.96 bits per heavy atom. The first-order valence-electron chi connectivity index (χ1n) is 8.87. The minimum absolute atomic E-state index is 0.0800. The van der Waals surface area contributed by atoms with Gasteiger partial charge in [0.05, 0.1) is 5.52 Å². The number of nitrogens with zero attached hydrogens (tertiary/aromatic N) is 3. The average Bonchev–Trinajstić information content (AvgIpc) is 2.93. The zero-order valence-electron chi connectivity index (χ0n) is 15.7. The Morgan fingerprint density at radius 1 is 1.24 bits per heavy atom. The fraction of sp³-hybridized carbons (Fsp3) is 0.450. The molecule has 0 atom stereocenters. The van der Waals surface area contributed by atoms with Crippen LogP contribution in [0.2, 0.25) is 0 Å². The minimum atomic E-state index is -0.164. The number of rotatable bonds is 5. The van der Waals surface area contributed by atoms with Crippen molar-refractivity contribution in [3.8, 4) is 0 Å². The van der Waals surface area contributed by atoms with Gasteiger partial charge in [-0.05, 0) is 58.2 Å². The van der Waals surface area contributed by atoms with Crippen molar-refractivity contribution in [1.82, 2.24) is 19.9 Å². The number of amides is 1. The molecular weight excluding hydrogens is 312 g/mol. The summed E-state index contributed by atoms with van der Waals surface area (Å²) < 4.78 is 1.90. The molecule has 1 amide bonds. The highest BCUT2D eigenvalue weighted by molar-refractivity contribution is 5.92. The van der Waals surface area contributed by atoms with E-state index in [1.54, 1.807) is 0 Å². The number of fused-ring (bicyclic) bond motifs is 3. The van der Waals surface area contributed by atoms with E-state index in [-0.39, 0.29) is 11.4 Å². The maximum absolute atomic E-state index is 12.3. The maximum Gasteiger partial charge on any atom is 0.220 e. The lowest BCUT2D eigenvalue weighted by molar-refractivity contribution is -0.122. The van der Waals surface area contributed by atoms with Gasteiger partial charge in [0.2, 0.25) is 5.91 Å². The first-order chi connectivity index (χ1) is 11.8. The van der Waals surface area contributed by atoms with E-state index in [4.69, 9.17) is 4.98 Å². The molecular formula is C20H26N4O. The van der Waals surface area contributed by atoms with Gasteiger partial charge in [-0.1, -0.05) is 19.1 Å². The molecule has 3 aromatic rings. The summed E-state index contributed by atoms with van der Waals surface area (Å²) in [6.07, 6.45) is 2.03. The topological polar surface area (TPSA) is 59.3 Å². The first kappa shape index (κ1) is 17.4. The van der Waals surface area contributed by atoms with Crippen molar-refractivity contribution in [2.75, 3.05) is 0 Å². The van der Waals surface area contributed by atoms with Gasteiger partial charge in [0.1, 0.15) is 0 Å². The molecule has 0 aliphatic heterocycles. The summed E-state index contributed by atoms with van der Waals surface area (Å²) >= 11 is 0. The highest BCUT2D eigenvalue weighted by Gasteiger charge is 2.19. The standard InChI is InChI=1S/C20H26N4O/c1-6-20(4,5)22-18(25)12-11-15-13(2)21-19-16-9-7-8-10-17(16)23-24(19)14(15)3/h7-10H,6,11-12H2,1-5H3,(H,22,25). The normalized spacial score (nSPS) is 12.0. The van der Waals surface area contributed by atoms with Crippen LogP contribution in [-0.2, 0) is 11.2 Å². The van der Waals surface area contributed by atoms with Crippen LogP contribution in [0.1, 0.15) is 50.6 Å². The van der Waals surface area contributed by atoms with Gasteiger partial charge in [-0.3, -0.25) is 4.79 Å². The molecule has 0 aliphatic carbocycles. The third-order valence-corrected chi connectivity index (χ3v) is 4.98. The summed E-state index contributed by atoms with van der Waals surface area (Å²) in [5.41, 5.74) is 4.79. The lowest BCUT2D eigenvalue weighted by Gasteiger charge is -2.24. The van der Waals surface area contributed by atoms with Gasteiger partial charge in [0.15, 0.2) is 5.65 Å². The Kier molecular flexibility index (Phi) is 4.50. The molecule has 2 aromatic heterocycles. The molecule has 0 aliphatic rings. The van der Waals surface area contributed by atoms with Gasteiger partial charge in [0, 0.05) is 28.7 Å². The van der Waals surface area contributed by atoms with Gasteiger partial charge in [-0.2, -0.15) is 5.10 Å². The maximum atomic E-state index is 12.3. The lowest BCUT2D eigenvalue weighted by Crippen LogP contribution is -2.42. The summed E-state index contributed by atoms with van der Waals surface area (Å²) in [4.78, 5) is 17.0. The second-order valence-corrected chi connectivity index (χ2v) is 7.30. The van der Waals surface area contributed by atoms with Crippen LogP contribution < -0.4 is 5.32 Å². The van der Waals surface area contributed by atoms with E-state index in [2.05, 4.69) is 24.3 Å². The number of benzene rings is 1. The molecule has 1 N–H and O–H groups in total. The number of hydrogen-bond acceptors (Lipinski definition) is 3. The highest BCUT2D eigenvalue weighted by atomic mass is 16.1. The smallest absolute Gasteiger partial charge is 0.220 e. The second kappa shape index (κ2) is 6.47. The summed E-state index contributed by atoms with van der Waals surface area (Å²) in [6.45, 7) is 10.2. The monoisotopic (exact) mass is 338 g/mol. The van der Waals surface area contributed by atoms with Crippen LogP contribution in [0.5, 0.6) is 0 Å². The minimum Gasteiger partial charge on any atom is -0.351 e. The molecule has 5 nitrogen and oxygen atoms in total. The number of carbonyl (C=O) groups excluding carboxylic acids is 1. The number of nitrogens with one attached hydrogen (secondary N) is 1. The molecule has 0 bridgehead atoms. The lowest BCUT2D eigenvalue weighted by atomic mass is 10.0. The van der Waals surface area contributed by atoms with Crippen molar-refractivity contribution in [2.45, 2.75) is 59.4 Å². The summed E-state index contributed by atoms with van der Waals surface area (Å²) in [5.74, 6) is 0.0800. The van der Waals surface area contributed by atoms with E-state index in [9.17, 15) is 4.79 Å². The summed E-state index contributed by atoms with van der Waals surface area (Å²) in [7, 11) is 0. The van der Waals surface area contributed by atoms with Crippen molar-refractivity contribution >= 4 is 22.5 Å². The Morgan fingerprint density at radius 3 is 2.68 bits per heavy atom. The number of aromatic nitrogens is 3. The van der Waals surface area contributed by atoms with Crippen LogP contribution in [0.15, 0.2) is 24.3 Å². The van der Waals surface area contributed by atoms with Gasteiger partial charge in [-0.15, -0.1) is 0 Å². The summed E-state index contributed by atoms with van der Waals surface area (Å²) in [5, 5.41) is 8.82. The third kappa shape index (κ3) is 3.36. The van der Waals surface area contributed by atoms with E-state index in [0.717, 1.165) is 39.9 Å². The van der Waals surface area contributed by atoms with Crippen LogP contribution in [-0.4, -0.2) is 26.0 Å². The fourth-order valence-corrected chi connectivity index (χ4v) is 3.11. The Labute approximate surface area is 148 Å². The molecule has 5 heteroatoms. The van der Waals surface area contributed by atoms with Gasteiger partial charge in [0.25, 0.3) is 0 Å². The van der Waals surface area contributed by atoms with Crippen LogP contribution in [0.25, 0.3) is 16.6 Å². The van der Waals surface area contributed by atoms with Crippen LogP contribution in [0.3, 0.4) is 0 Å². The number of carbonyl (C=O) groups is 1. The van der Waals surface area contributed by atoms with Crippen molar-refractivity contribution in [3.63, 3.8) is 0 Å². The van der Waals surface area contributed by atoms with Gasteiger partial charge in [-0.25, -0.2) is 9.50 Å². The van der Waals surface area contributed by atoms with E-state index >= 15 is 0 Å². The molecule has 0 saturated heterocycles. The predicted octanol–water partition coefficient (Wildman–Crippen LogP) is 3.74. The Bertz CT molecular complexity index is 940. The molecule has 0 radical (unpaired) electrons. The summed E-state index contributed by atoms with van der Waals surface area (Å²) in [6, 6.07) is 8.03. The quantitative estimate of drug-likeness (QED) is 0.771. The molecule has 0 spiro atoms. The van der Waals surface area contributed by atoms with E-state index in [1.165, 1.54) is 0 Å². The Hall–Kier alpha value is -2.43. The molecule has 2 heterocycles. The van der Waals surface area contributed by atoms with Crippen LogP contribution in [0.4, 0.5) is 0 Å². The largest absolute Gasteiger partial charge is 0.351 e. The molecule has 1 aromatic carbocycles. The molecule has 0 fully saturated rings. The first-order valence-corrected chi connectivity index (χ1v) is 8.87. The zero-order valence-corrected chi connectivity index (χ0v) is 15.7. The third-order valence-electron chi connectivity index (χ3n) is 4.98. The molecule has 132 valence electrons. The van der Waals surface area contributed by atoms with E-state index in [1.807, 2.05) is 49.6 Å². The number of hydrogen-bond donors (Lipinski definition) is 1. The van der Waals surface area contributed by atoms with Crippen molar-refractivity contribution in [3.05, 3.63) is 41.2 Å². The molecule has 25 heavy (non-hydrogen) atoms. The Balaban J connectivity index is 1.89. The van der Waals surface area contributed by atoms with Crippen molar-refractivity contribution < 1.29 is 4.79 Å². The van der Waals surface area contributed by atoms with Crippen LogP contribution >= 0.6 is 0 Å².